The van der Waals surface area contributed by atoms with Crippen molar-refractivity contribution in [3.63, 3.8) is 0 Å². The van der Waals surface area contributed by atoms with Gasteiger partial charge in [0.25, 0.3) is 0 Å². The van der Waals surface area contributed by atoms with Crippen LogP contribution in [0.4, 0.5) is 0 Å². The number of carbonyl (C=O) groups excluding carboxylic acids is 1. The fourth-order valence-corrected chi connectivity index (χ4v) is 3.42. The van der Waals surface area contributed by atoms with Gasteiger partial charge in [0.1, 0.15) is 6.04 Å². The van der Waals surface area contributed by atoms with E-state index in [9.17, 15) is 14.7 Å². The SMILES string of the molecule is O=C(N[C@@H](Cc1ccc(-c2ccoc2)cc1)C(=O)O)C(CS)Cc1ccccc1. The first kappa shape index (κ1) is 20.7. The number of nitrogens with one attached hydrogen (secondary N) is 1. The molecule has 1 heterocycles. The van der Waals surface area contributed by atoms with Gasteiger partial charge in [-0.2, -0.15) is 12.6 Å². The molecule has 0 fully saturated rings. The monoisotopic (exact) mass is 409 g/mol. The number of thiol groups is 1. The van der Waals surface area contributed by atoms with Crippen molar-refractivity contribution in [1.29, 1.82) is 0 Å². The van der Waals surface area contributed by atoms with Crippen LogP contribution in [-0.4, -0.2) is 28.8 Å². The van der Waals surface area contributed by atoms with Crippen LogP contribution in [0.15, 0.2) is 77.6 Å². The van der Waals surface area contributed by atoms with Crippen molar-refractivity contribution in [3.8, 4) is 11.1 Å². The number of hydrogen-bond donors (Lipinski definition) is 3. The lowest BCUT2D eigenvalue weighted by Gasteiger charge is -2.19. The number of aliphatic carboxylic acids is 1. The molecule has 3 rings (SSSR count). The van der Waals surface area contributed by atoms with Gasteiger partial charge in [0.15, 0.2) is 0 Å². The van der Waals surface area contributed by atoms with E-state index in [4.69, 9.17) is 4.42 Å². The summed E-state index contributed by atoms with van der Waals surface area (Å²) in [5, 5.41) is 12.3. The highest BCUT2D eigenvalue weighted by Crippen LogP contribution is 2.20. The fraction of sp³-hybridized carbons (Fsp3) is 0.217. The molecule has 0 spiro atoms. The first-order chi connectivity index (χ1) is 14.1. The van der Waals surface area contributed by atoms with E-state index in [0.29, 0.717) is 12.2 Å². The molecule has 0 saturated carbocycles. The molecule has 5 nitrogen and oxygen atoms in total. The Bertz CT molecular complexity index is 923. The zero-order chi connectivity index (χ0) is 20.6. The maximum atomic E-state index is 12.7. The highest BCUT2D eigenvalue weighted by molar-refractivity contribution is 7.80. The molecule has 0 aliphatic heterocycles. The van der Waals surface area contributed by atoms with Crippen LogP contribution in [0.2, 0.25) is 0 Å². The van der Waals surface area contributed by atoms with E-state index in [0.717, 1.165) is 22.3 Å². The van der Waals surface area contributed by atoms with Crippen molar-refractivity contribution in [3.05, 3.63) is 84.3 Å². The molecular weight excluding hydrogens is 386 g/mol. The molecule has 0 saturated heterocycles. The van der Waals surface area contributed by atoms with Crippen LogP contribution >= 0.6 is 12.6 Å². The quantitative estimate of drug-likeness (QED) is 0.469. The first-order valence-electron chi connectivity index (χ1n) is 9.36. The highest BCUT2D eigenvalue weighted by atomic mass is 32.1. The third-order valence-corrected chi connectivity index (χ3v) is 5.22. The van der Waals surface area contributed by atoms with Gasteiger partial charge in [0, 0.05) is 17.7 Å². The summed E-state index contributed by atoms with van der Waals surface area (Å²) < 4.78 is 5.08. The molecule has 2 aromatic carbocycles. The van der Waals surface area contributed by atoms with E-state index < -0.39 is 17.9 Å². The van der Waals surface area contributed by atoms with Gasteiger partial charge >= 0.3 is 5.97 Å². The van der Waals surface area contributed by atoms with Gasteiger partial charge in [0.05, 0.1) is 18.4 Å². The van der Waals surface area contributed by atoms with Gasteiger partial charge in [-0.15, -0.1) is 0 Å². The molecule has 3 aromatic rings. The summed E-state index contributed by atoms with van der Waals surface area (Å²) in [5.74, 6) is -1.42. The summed E-state index contributed by atoms with van der Waals surface area (Å²) in [7, 11) is 0. The predicted octanol–water partition coefficient (Wildman–Crippen LogP) is 3.85. The average molecular weight is 410 g/mol. The Balaban J connectivity index is 1.64. The number of furan rings is 1. The Labute approximate surface area is 175 Å². The maximum absolute atomic E-state index is 12.7. The van der Waals surface area contributed by atoms with Crippen molar-refractivity contribution in [2.75, 3.05) is 5.75 Å². The summed E-state index contributed by atoms with van der Waals surface area (Å²) in [4.78, 5) is 24.4. The van der Waals surface area contributed by atoms with E-state index in [1.54, 1.807) is 12.5 Å². The largest absolute Gasteiger partial charge is 0.480 e. The molecule has 29 heavy (non-hydrogen) atoms. The Morgan fingerprint density at radius 2 is 1.62 bits per heavy atom. The first-order valence-corrected chi connectivity index (χ1v) is 9.99. The van der Waals surface area contributed by atoms with Crippen LogP contribution in [0.3, 0.4) is 0 Å². The second-order valence-corrected chi connectivity index (χ2v) is 7.25. The average Bonchev–Trinajstić information content (AvgIpc) is 3.27. The van der Waals surface area contributed by atoms with E-state index >= 15 is 0 Å². The second-order valence-electron chi connectivity index (χ2n) is 6.88. The fourth-order valence-electron chi connectivity index (χ4n) is 3.13. The number of carboxylic acids is 1. The lowest BCUT2D eigenvalue weighted by Crippen LogP contribution is -2.45. The van der Waals surface area contributed by atoms with Crippen molar-refractivity contribution in [2.45, 2.75) is 18.9 Å². The second kappa shape index (κ2) is 9.98. The van der Waals surface area contributed by atoms with Gasteiger partial charge in [-0.05, 0) is 29.2 Å². The van der Waals surface area contributed by atoms with Crippen LogP contribution in [0.25, 0.3) is 11.1 Å². The topological polar surface area (TPSA) is 79.5 Å². The molecule has 2 atom stereocenters. The van der Waals surface area contributed by atoms with Crippen LogP contribution in [-0.2, 0) is 22.4 Å². The van der Waals surface area contributed by atoms with Gasteiger partial charge in [0.2, 0.25) is 5.91 Å². The number of hydrogen-bond acceptors (Lipinski definition) is 4. The number of amides is 1. The zero-order valence-corrected chi connectivity index (χ0v) is 16.7. The molecule has 0 aliphatic carbocycles. The number of benzene rings is 2. The van der Waals surface area contributed by atoms with Crippen LogP contribution in [0, 0.1) is 5.92 Å². The van der Waals surface area contributed by atoms with Crippen LogP contribution < -0.4 is 5.32 Å². The summed E-state index contributed by atoms with van der Waals surface area (Å²) >= 11 is 4.28. The third kappa shape index (κ3) is 5.74. The van der Waals surface area contributed by atoms with Crippen molar-refractivity contribution in [1.82, 2.24) is 5.32 Å². The van der Waals surface area contributed by atoms with E-state index in [2.05, 4.69) is 17.9 Å². The Morgan fingerprint density at radius 3 is 2.21 bits per heavy atom. The van der Waals surface area contributed by atoms with E-state index in [1.165, 1.54) is 0 Å². The van der Waals surface area contributed by atoms with Gasteiger partial charge in [-0.1, -0.05) is 54.6 Å². The lowest BCUT2D eigenvalue weighted by atomic mass is 9.98. The van der Waals surface area contributed by atoms with E-state index in [1.807, 2.05) is 60.7 Å². The zero-order valence-electron chi connectivity index (χ0n) is 15.8. The molecule has 6 heteroatoms. The number of carboxylic acid groups (broad SMARTS) is 1. The minimum absolute atomic E-state index is 0.206. The Hall–Kier alpha value is -2.99. The van der Waals surface area contributed by atoms with Crippen molar-refractivity contribution < 1.29 is 19.1 Å². The van der Waals surface area contributed by atoms with Crippen LogP contribution in [0.1, 0.15) is 11.1 Å². The minimum atomic E-state index is -1.06. The lowest BCUT2D eigenvalue weighted by molar-refractivity contribution is -0.142. The molecule has 0 bridgehead atoms. The molecule has 1 amide bonds. The normalized spacial score (nSPS) is 12.9. The highest BCUT2D eigenvalue weighted by Gasteiger charge is 2.25. The summed E-state index contributed by atoms with van der Waals surface area (Å²) in [5.41, 5.74) is 3.78. The summed E-state index contributed by atoms with van der Waals surface area (Å²) in [6.07, 6.45) is 3.98. The van der Waals surface area contributed by atoms with Gasteiger partial charge in [-0.3, -0.25) is 4.79 Å². The summed E-state index contributed by atoms with van der Waals surface area (Å²) in [6.45, 7) is 0. The molecule has 1 unspecified atom stereocenters. The standard InChI is InChI=1S/C23H23NO4S/c25-22(20(15-29)12-16-4-2-1-3-5-16)24-21(23(26)27)13-17-6-8-18(9-7-17)19-10-11-28-14-19/h1-11,14,20-21,29H,12-13,15H2,(H,24,25)(H,26,27)/t20?,21-/m0/s1. The maximum Gasteiger partial charge on any atom is 0.326 e. The summed E-state index contributed by atoms with van der Waals surface area (Å²) in [6, 6.07) is 18.0. The van der Waals surface area contributed by atoms with Crippen molar-refractivity contribution in [2.24, 2.45) is 5.92 Å². The van der Waals surface area contributed by atoms with E-state index in [-0.39, 0.29) is 12.3 Å². The van der Waals surface area contributed by atoms with Gasteiger partial charge < -0.3 is 14.8 Å². The molecule has 150 valence electrons. The molecular formula is C23H23NO4S. The molecule has 1 aromatic heterocycles. The predicted molar refractivity (Wildman–Crippen MR) is 115 cm³/mol. The smallest absolute Gasteiger partial charge is 0.326 e. The number of carbonyl (C=O) groups is 2. The molecule has 2 N–H and O–H groups in total. The Morgan fingerprint density at radius 1 is 0.931 bits per heavy atom. The third-order valence-electron chi connectivity index (χ3n) is 4.78. The molecule has 0 aliphatic rings. The minimum Gasteiger partial charge on any atom is -0.480 e. The van der Waals surface area contributed by atoms with Gasteiger partial charge in [-0.25, -0.2) is 4.79 Å². The molecule has 0 radical (unpaired) electrons. The number of rotatable bonds is 9. The Kier molecular flexibility index (Phi) is 7.14. The van der Waals surface area contributed by atoms with Crippen LogP contribution in [0.5, 0.6) is 0 Å². The van der Waals surface area contributed by atoms with Crippen molar-refractivity contribution >= 4 is 24.5 Å².